The van der Waals surface area contributed by atoms with E-state index in [1.807, 2.05) is 53.7 Å². The predicted molar refractivity (Wildman–Crippen MR) is 143 cm³/mol. The van der Waals surface area contributed by atoms with Gasteiger partial charge in [-0.25, -0.2) is 4.79 Å². The Labute approximate surface area is 217 Å². The summed E-state index contributed by atoms with van der Waals surface area (Å²) in [6, 6.07) is -0.401. The van der Waals surface area contributed by atoms with E-state index in [2.05, 4.69) is 5.32 Å². The first-order chi connectivity index (χ1) is 16.4. The molecule has 0 saturated heterocycles. The van der Waals surface area contributed by atoms with Crippen LogP contribution in [0.5, 0.6) is 0 Å². The Morgan fingerprint density at radius 3 is 2.11 bits per heavy atom. The number of esters is 1. The van der Waals surface area contributed by atoms with Crippen LogP contribution < -0.4 is 5.32 Å². The highest BCUT2D eigenvalue weighted by atomic mass is 16.6. The minimum Gasteiger partial charge on any atom is -0.464 e. The van der Waals surface area contributed by atoms with Gasteiger partial charge in [0.15, 0.2) is 5.78 Å². The summed E-state index contributed by atoms with van der Waals surface area (Å²) in [5.41, 5.74) is -2.17. The van der Waals surface area contributed by atoms with Gasteiger partial charge in [0.1, 0.15) is 12.2 Å². The van der Waals surface area contributed by atoms with Crippen LogP contribution in [0.3, 0.4) is 0 Å². The van der Waals surface area contributed by atoms with Crippen LogP contribution in [0, 0.1) is 10.8 Å². The van der Waals surface area contributed by atoms with E-state index in [4.69, 9.17) is 14.2 Å². The first kappa shape index (κ1) is 31.6. The Hall–Kier alpha value is -2.41. The van der Waals surface area contributed by atoms with Gasteiger partial charge in [0, 0.05) is 12.0 Å². The van der Waals surface area contributed by atoms with Crippen molar-refractivity contribution in [2.24, 2.45) is 10.8 Å². The average molecular weight is 506 g/mol. The predicted octanol–water partition coefficient (Wildman–Crippen LogP) is 6.08. The molecule has 7 heteroatoms. The molecule has 36 heavy (non-hydrogen) atoms. The maximum atomic E-state index is 12.6. The normalized spacial score (nSPS) is 16.8. The zero-order chi connectivity index (χ0) is 27.6. The molecular formula is C29H47NO6. The van der Waals surface area contributed by atoms with Gasteiger partial charge >= 0.3 is 12.1 Å². The molecule has 0 aromatic carbocycles. The van der Waals surface area contributed by atoms with Crippen LogP contribution in [0.2, 0.25) is 0 Å². The molecule has 1 aliphatic carbocycles. The molecule has 0 aromatic rings. The van der Waals surface area contributed by atoms with Gasteiger partial charge in [-0.2, -0.15) is 0 Å². The van der Waals surface area contributed by atoms with Crippen molar-refractivity contribution < 1.29 is 28.6 Å². The third kappa shape index (κ3) is 13.6. The minimum atomic E-state index is -0.737. The van der Waals surface area contributed by atoms with Crippen LogP contribution in [0.4, 0.5) is 4.79 Å². The molecule has 0 fully saturated rings. The molecule has 1 amide bonds. The Bertz CT molecular complexity index is 817. The smallest absolute Gasteiger partial charge is 0.408 e. The summed E-state index contributed by atoms with van der Waals surface area (Å²) >= 11 is 0. The van der Waals surface area contributed by atoms with Gasteiger partial charge < -0.3 is 19.5 Å². The molecule has 1 aliphatic rings. The lowest BCUT2D eigenvalue weighted by Crippen LogP contribution is -2.42. The van der Waals surface area contributed by atoms with E-state index in [0.717, 1.165) is 19.3 Å². The molecule has 0 radical (unpaired) electrons. The number of nitrogens with one attached hydrogen (secondary N) is 1. The van der Waals surface area contributed by atoms with Crippen LogP contribution in [-0.4, -0.2) is 48.3 Å². The Kier molecular flexibility index (Phi) is 11.6. The maximum absolute atomic E-state index is 12.6. The molecular weight excluding hydrogens is 458 g/mol. The van der Waals surface area contributed by atoms with Crippen molar-refractivity contribution in [1.82, 2.24) is 5.32 Å². The van der Waals surface area contributed by atoms with Crippen molar-refractivity contribution in [2.45, 2.75) is 105 Å². The van der Waals surface area contributed by atoms with Crippen molar-refractivity contribution >= 4 is 17.8 Å². The van der Waals surface area contributed by atoms with Crippen molar-refractivity contribution in [3.63, 3.8) is 0 Å². The number of carbonyl (C=O) groups excluding carboxylic acids is 3. The summed E-state index contributed by atoms with van der Waals surface area (Å²) in [5.74, 6) is -0.456. The molecule has 204 valence electrons. The number of allylic oxidation sites excluding steroid dienone is 3. The number of ketones is 1. The molecule has 0 aliphatic heterocycles. The molecule has 0 spiro atoms. The first-order valence-corrected chi connectivity index (χ1v) is 12.8. The quantitative estimate of drug-likeness (QED) is 0.208. The second-order valence-electron chi connectivity index (χ2n) is 12.5. The van der Waals surface area contributed by atoms with E-state index in [1.54, 1.807) is 32.9 Å². The van der Waals surface area contributed by atoms with Gasteiger partial charge in [0.2, 0.25) is 0 Å². The van der Waals surface area contributed by atoms with Gasteiger partial charge in [-0.1, -0.05) is 24.3 Å². The molecule has 0 aromatic heterocycles. The second-order valence-corrected chi connectivity index (χ2v) is 12.5. The number of ether oxygens (including phenoxy) is 3. The molecule has 1 N–H and O–H groups in total. The highest BCUT2D eigenvalue weighted by Gasteiger charge is 2.34. The van der Waals surface area contributed by atoms with Crippen molar-refractivity contribution in [2.75, 3.05) is 13.2 Å². The summed E-state index contributed by atoms with van der Waals surface area (Å²) in [6.07, 6.45) is 13.0. The molecule has 1 atom stereocenters. The van der Waals surface area contributed by atoms with Gasteiger partial charge in [0.25, 0.3) is 0 Å². The lowest BCUT2D eigenvalue weighted by Gasteiger charge is -2.33. The van der Waals surface area contributed by atoms with Gasteiger partial charge in [-0.15, -0.1) is 0 Å². The zero-order valence-electron chi connectivity index (χ0n) is 23.7. The number of hydrogen-bond acceptors (Lipinski definition) is 6. The number of rotatable bonds is 11. The molecule has 0 bridgehead atoms. The Morgan fingerprint density at radius 2 is 1.58 bits per heavy atom. The van der Waals surface area contributed by atoms with E-state index in [9.17, 15) is 14.4 Å². The van der Waals surface area contributed by atoms with E-state index in [1.165, 1.54) is 12.2 Å². The van der Waals surface area contributed by atoms with Gasteiger partial charge in [0.05, 0.1) is 17.1 Å². The van der Waals surface area contributed by atoms with Crippen LogP contribution in [0.15, 0.2) is 36.5 Å². The van der Waals surface area contributed by atoms with Crippen LogP contribution >= 0.6 is 0 Å². The number of hydrogen-bond donors (Lipinski definition) is 1. The highest BCUT2D eigenvalue weighted by Crippen LogP contribution is 2.32. The number of unbranched alkanes of at least 4 members (excludes halogenated alkanes) is 2. The summed E-state index contributed by atoms with van der Waals surface area (Å²) in [7, 11) is 0. The Morgan fingerprint density at radius 1 is 0.972 bits per heavy atom. The number of amides is 1. The van der Waals surface area contributed by atoms with Crippen LogP contribution in [0.1, 0.15) is 88.0 Å². The summed E-state index contributed by atoms with van der Waals surface area (Å²) < 4.78 is 16.9. The lowest BCUT2D eigenvalue weighted by atomic mass is 9.78. The lowest BCUT2D eigenvalue weighted by molar-refractivity contribution is -0.155. The number of alkyl carbamates (subject to hydrolysis) is 1. The minimum absolute atomic E-state index is 0.0634. The van der Waals surface area contributed by atoms with E-state index < -0.39 is 28.6 Å². The highest BCUT2D eigenvalue weighted by molar-refractivity contribution is 6.00. The molecule has 0 saturated carbocycles. The molecule has 1 rings (SSSR count). The van der Waals surface area contributed by atoms with Crippen molar-refractivity contribution in [3.8, 4) is 0 Å². The summed E-state index contributed by atoms with van der Waals surface area (Å²) in [6.45, 7) is 17.7. The fourth-order valence-corrected chi connectivity index (χ4v) is 3.35. The molecule has 0 heterocycles. The number of carbonyl (C=O) groups is 3. The first-order valence-electron chi connectivity index (χ1n) is 12.8. The standard InChI is InChI=1S/C29H47NO6/c1-26(2,3)24(32)34-21-29(17-15-23(31)16-18-29)20-22(30-25(33)36-28(7,8)9)14-12-10-11-13-19-35-27(4,5)6/h12,14-18,22H,10-11,13,19-21H2,1-9H3,(H,30,33)/b14-12+/t22-/m0/s1. The SMILES string of the molecule is CC(C)(C)OCCCC/C=C/[C@@H](CC1(COC(=O)C(C)(C)C)C=CC(=O)C=C1)NC(=O)OC(C)(C)C. The average Bonchev–Trinajstić information content (AvgIpc) is 2.70. The van der Waals surface area contributed by atoms with E-state index in [0.29, 0.717) is 13.0 Å². The second kappa shape index (κ2) is 13.2. The van der Waals surface area contributed by atoms with E-state index in [-0.39, 0.29) is 24.0 Å². The topological polar surface area (TPSA) is 90.9 Å². The van der Waals surface area contributed by atoms with Crippen LogP contribution in [-0.2, 0) is 23.8 Å². The zero-order valence-corrected chi connectivity index (χ0v) is 23.7. The third-order valence-corrected chi connectivity index (χ3v) is 5.21. The van der Waals surface area contributed by atoms with Crippen molar-refractivity contribution in [3.05, 3.63) is 36.5 Å². The van der Waals surface area contributed by atoms with Gasteiger partial charge in [-0.3, -0.25) is 9.59 Å². The molecule has 7 nitrogen and oxygen atoms in total. The maximum Gasteiger partial charge on any atom is 0.408 e. The van der Waals surface area contributed by atoms with Crippen LogP contribution in [0.25, 0.3) is 0 Å². The summed E-state index contributed by atoms with van der Waals surface area (Å²) in [4.78, 5) is 36.8. The monoisotopic (exact) mass is 505 g/mol. The van der Waals surface area contributed by atoms with Gasteiger partial charge in [-0.05, 0) is 100 Å². The largest absolute Gasteiger partial charge is 0.464 e. The Balaban J connectivity index is 2.96. The fraction of sp³-hybridized carbons (Fsp3) is 0.690. The summed E-state index contributed by atoms with van der Waals surface area (Å²) in [5, 5.41) is 2.93. The van der Waals surface area contributed by atoms with E-state index >= 15 is 0 Å². The third-order valence-electron chi connectivity index (χ3n) is 5.21. The molecule has 0 unspecified atom stereocenters. The fourth-order valence-electron chi connectivity index (χ4n) is 3.35. The van der Waals surface area contributed by atoms with Crippen molar-refractivity contribution in [1.29, 1.82) is 0 Å².